The highest BCUT2D eigenvalue weighted by Gasteiger charge is 2.08. The molecule has 0 N–H and O–H groups in total. The Kier molecular flexibility index (Phi) is 5.81. The summed E-state index contributed by atoms with van der Waals surface area (Å²) in [4.78, 5) is 21.1. The highest BCUT2D eigenvalue weighted by molar-refractivity contribution is 5.56. The van der Waals surface area contributed by atoms with Gasteiger partial charge < -0.3 is 4.74 Å². The average Bonchev–Trinajstić information content (AvgIpc) is 2.81. The SMILES string of the molecule is CCOc1cnc(-c2cccc(Cc3nn(-c4cccc(C#N)c4)ccc3=O)c2)nc1. The number of hydrogen-bond acceptors (Lipinski definition) is 6. The van der Waals surface area contributed by atoms with Gasteiger partial charge in [0.15, 0.2) is 11.6 Å². The number of nitrogens with zero attached hydrogens (tertiary/aromatic N) is 5. The van der Waals surface area contributed by atoms with E-state index in [9.17, 15) is 4.79 Å². The van der Waals surface area contributed by atoms with E-state index in [0.717, 1.165) is 16.8 Å². The molecule has 2 heterocycles. The molecule has 31 heavy (non-hydrogen) atoms. The van der Waals surface area contributed by atoms with E-state index in [2.05, 4.69) is 21.1 Å². The van der Waals surface area contributed by atoms with Gasteiger partial charge >= 0.3 is 0 Å². The van der Waals surface area contributed by atoms with Crippen LogP contribution in [-0.4, -0.2) is 26.4 Å². The normalized spacial score (nSPS) is 10.5. The fourth-order valence-electron chi connectivity index (χ4n) is 3.15. The lowest BCUT2D eigenvalue weighted by atomic mass is 10.1. The van der Waals surface area contributed by atoms with E-state index in [1.165, 1.54) is 6.07 Å². The summed E-state index contributed by atoms with van der Waals surface area (Å²) in [6.45, 7) is 2.46. The van der Waals surface area contributed by atoms with E-state index in [0.29, 0.717) is 35.9 Å². The third kappa shape index (κ3) is 4.65. The summed E-state index contributed by atoms with van der Waals surface area (Å²) in [5.41, 5.74) is 3.28. The first-order valence-corrected chi connectivity index (χ1v) is 9.80. The van der Waals surface area contributed by atoms with Crippen LogP contribution >= 0.6 is 0 Å². The van der Waals surface area contributed by atoms with Crippen molar-refractivity contribution in [1.82, 2.24) is 19.7 Å². The van der Waals surface area contributed by atoms with Gasteiger partial charge in [-0.3, -0.25) is 4.79 Å². The van der Waals surface area contributed by atoms with Gasteiger partial charge in [-0.1, -0.05) is 24.3 Å². The maximum absolute atomic E-state index is 12.4. The highest BCUT2D eigenvalue weighted by Crippen LogP contribution is 2.19. The second-order valence-electron chi connectivity index (χ2n) is 6.79. The molecule has 2 aromatic carbocycles. The van der Waals surface area contributed by atoms with Gasteiger partial charge in [-0.2, -0.15) is 10.4 Å². The van der Waals surface area contributed by atoms with Crippen molar-refractivity contribution in [2.24, 2.45) is 0 Å². The Hall–Kier alpha value is -4.31. The van der Waals surface area contributed by atoms with Gasteiger partial charge in [-0.25, -0.2) is 14.6 Å². The van der Waals surface area contributed by atoms with Crippen LogP contribution in [0.2, 0.25) is 0 Å². The van der Waals surface area contributed by atoms with E-state index in [1.54, 1.807) is 41.5 Å². The molecule has 4 rings (SSSR count). The first-order chi connectivity index (χ1) is 15.2. The fourth-order valence-corrected chi connectivity index (χ4v) is 3.15. The van der Waals surface area contributed by atoms with Crippen LogP contribution in [0.3, 0.4) is 0 Å². The lowest BCUT2D eigenvalue weighted by Gasteiger charge is -2.09. The van der Waals surface area contributed by atoms with Gasteiger partial charge in [-0.15, -0.1) is 0 Å². The van der Waals surface area contributed by atoms with Crippen molar-refractivity contribution in [3.63, 3.8) is 0 Å². The average molecular weight is 409 g/mol. The summed E-state index contributed by atoms with van der Waals surface area (Å²) in [6.07, 6.45) is 5.26. The van der Waals surface area contributed by atoms with Crippen molar-refractivity contribution in [2.45, 2.75) is 13.3 Å². The largest absolute Gasteiger partial charge is 0.491 e. The van der Waals surface area contributed by atoms with Crippen LogP contribution in [0.25, 0.3) is 17.1 Å². The van der Waals surface area contributed by atoms with E-state index in [1.807, 2.05) is 37.3 Å². The zero-order valence-corrected chi connectivity index (χ0v) is 16.9. The summed E-state index contributed by atoms with van der Waals surface area (Å²) in [5.74, 6) is 1.20. The second-order valence-corrected chi connectivity index (χ2v) is 6.79. The number of nitriles is 1. The lowest BCUT2D eigenvalue weighted by molar-refractivity contribution is 0.337. The Morgan fingerprint density at radius 1 is 1.06 bits per heavy atom. The van der Waals surface area contributed by atoms with Crippen molar-refractivity contribution in [2.75, 3.05) is 6.61 Å². The topological polar surface area (TPSA) is 93.7 Å². The van der Waals surface area contributed by atoms with Crippen LogP contribution in [0.15, 0.2) is 78.0 Å². The summed E-state index contributed by atoms with van der Waals surface area (Å²) >= 11 is 0. The van der Waals surface area contributed by atoms with Gasteiger partial charge in [0.25, 0.3) is 0 Å². The maximum Gasteiger partial charge on any atom is 0.203 e. The number of rotatable bonds is 6. The zero-order valence-electron chi connectivity index (χ0n) is 16.9. The quantitative estimate of drug-likeness (QED) is 0.483. The van der Waals surface area contributed by atoms with Crippen LogP contribution in [0, 0.1) is 11.3 Å². The molecule has 0 saturated carbocycles. The summed E-state index contributed by atoms with van der Waals surface area (Å²) in [6, 6.07) is 18.4. The van der Waals surface area contributed by atoms with Crippen LogP contribution in [0.5, 0.6) is 5.75 Å². The first-order valence-electron chi connectivity index (χ1n) is 9.80. The monoisotopic (exact) mass is 409 g/mol. The third-order valence-electron chi connectivity index (χ3n) is 4.62. The molecule has 0 aliphatic heterocycles. The van der Waals surface area contributed by atoms with Crippen molar-refractivity contribution in [3.8, 4) is 28.9 Å². The highest BCUT2D eigenvalue weighted by atomic mass is 16.5. The van der Waals surface area contributed by atoms with E-state index in [4.69, 9.17) is 10.00 Å². The molecule has 0 spiro atoms. The number of ether oxygens (including phenoxy) is 1. The predicted molar refractivity (Wildman–Crippen MR) is 116 cm³/mol. The molecular formula is C24H19N5O2. The van der Waals surface area contributed by atoms with Gasteiger partial charge in [0.05, 0.1) is 36.3 Å². The minimum absolute atomic E-state index is 0.143. The minimum Gasteiger partial charge on any atom is -0.491 e. The molecule has 0 radical (unpaired) electrons. The predicted octanol–water partition coefficient (Wildman–Crippen LogP) is 3.55. The molecule has 152 valence electrons. The molecule has 0 aliphatic rings. The summed E-state index contributed by atoms with van der Waals surface area (Å²) < 4.78 is 6.99. The van der Waals surface area contributed by atoms with Crippen molar-refractivity contribution in [3.05, 3.63) is 100 Å². The van der Waals surface area contributed by atoms with Crippen LogP contribution in [0.1, 0.15) is 23.7 Å². The molecule has 0 fully saturated rings. The van der Waals surface area contributed by atoms with Gasteiger partial charge in [0.1, 0.15) is 5.69 Å². The fraction of sp³-hybridized carbons (Fsp3) is 0.125. The molecule has 0 aliphatic carbocycles. The van der Waals surface area contributed by atoms with E-state index in [-0.39, 0.29) is 5.43 Å². The first kappa shape index (κ1) is 20.0. The molecular weight excluding hydrogens is 390 g/mol. The summed E-state index contributed by atoms with van der Waals surface area (Å²) in [7, 11) is 0. The molecule has 0 saturated heterocycles. The smallest absolute Gasteiger partial charge is 0.203 e. The van der Waals surface area contributed by atoms with E-state index >= 15 is 0 Å². The van der Waals surface area contributed by atoms with E-state index < -0.39 is 0 Å². The van der Waals surface area contributed by atoms with Gasteiger partial charge in [0.2, 0.25) is 5.43 Å². The second kappa shape index (κ2) is 9.01. The molecule has 4 aromatic rings. The van der Waals surface area contributed by atoms with Crippen molar-refractivity contribution in [1.29, 1.82) is 5.26 Å². The molecule has 0 unspecified atom stereocenters. The van der Waals surface area contributed by atoms with Gasteiger partial charge in [0, 0.05) is 24.2 Å². The minimum atomic E-state index is -0.143. The Balaban J connectivity index is 1.61. The van der Waals surface area contributed by atoms with Crippen molar-refractivity contribution >= 4 is 0 Å². The molecule has 7 heteroatoms. The Morgan fingerprint density at radius 3 is 2.65 bits per heavy atom. The van der Waals surface area contributed by atoms with Crippen LogP contribution in [-0.2, 0) is 6.42 Å². The number of aromatic nitrogens is 4. The molecule has 2 aromatic heterocycles. The molecule has 7 nitrogen and oxygen atoms in total. The Morgan fingerprint density at radius 2 is 1.87 bits per heavy atom. The standard InChI is InChI=1S/C24H19N5O2/c1-2-31-21-15-26-24(27-16-21)19-7-3-5-17(11-19)13-22-23(30)9-10-29(28-22)20-8-4-6-18(12-20)14-25/h3-12,15-16H,2,13H2,1H3. The Bertz CT molecular complexity index is 1310. The molecule has 0 bridgehead atoms. The van der Waals surface area contributed by atoms with Crippen molar-refractivity contribution < 1.29 is 4.74 Å². The number of hydrogen-bond donors (Lipinski definition) is 0. The molecule has 0 atom stereocenters. The number of benzene rings is 2. The third-order valence-corrected chi connectivity index (χ3v) is 4.62. The van der Waals surface area contributed by atoms with Gasteiger partial charge in [-0.05, 0) is 36.8 Å². The lowest BCUT2D eigenvalue weighted by Crippen LogP contribution is -2.16. The Labute approximate surface area is 179 Å². The zero-order chi connectivity index (χ0) is 21.6. The molecule has 0 amide bonds. The van der Waals surface area contributed by atoms with Crippen LogP contribution < -0.4 is 10.2 Å². The maximum atomic E-state index is 12.4. The van der Waals surface area contributed by atoms with Crippen LogP contribution in [0.4, 0.5) is 0 Å². The summed E-state index contributed by atoms with van der Waals surface area (Å²) in [5, 5.41) is 13.6.